The lowest BCUT2D eigenvalue weighted by Crippen LogP contribution is -2.24. The fourth-order valence-corrected chi connectivity index (χ4v) is 2.24. The molecule has 0 atom stereocenters. The van der Waals surface area contributed by atoms with Crippen molar-refractivity contribution in [2.24, 2.45) is 0 Å². The van der Waals surface area contributed by atoms with Crippen LogP contribution in [-0.4, -0.2) is 24.5 Å². The van der Waals surface area contributed by atoms with Gasteiger partial charge >= 0.3 is 0 Å². The molecule has 1 aromatic rings. The van der Waals surface area contributed by atoms with E-state index in [-0.39, 0.29) is 0 Å². The van der Waals surface area contributed by atoms with E-state index in [9.17, 15) is 0 Å². The Kier molecular flexibility index (Phi) is 8.52. The summed E-state index contributed by atoms with van der Waals surface area (Å²) in [5, 5.41) is 3.47. The van der Waals surface area contributed by atoms with E-state index in [0.717, 1.165) is 26.2 Å². The monoisotopic (exact) mass is 262 g/mol. The van der Waals surface area contributed by atoms with Gasteiger partial charge in [-0.1, -0.05) is 51.5 Å². The Morgan fingerprint density at radius 3 is 2.53 bits per heavy atom. The van der Waals surface area contributed by atoms with Gasteiger partial charge in [0.2, 0.25) is 0 Å². The van der Waals surface area contributed by atoms with Crippen LogP contribution in [0.3, 0.4) is 0 Å². The minimum Gasteiger partial charge on any atom is -0.313 e. The average molecular weight is 262 g/mol. The second kappa shape index (κ2) is 9.99. The van der Waals surface area contributed by atoms with Gasteiger partial charge in [0.25, 0.3) is 0 Å². The van der Waals surface area contributed by atoms with E-state index in [1.807, 2.05) is 0 Å². The molecule has 1 aromatic carbocycles. The Morgan fingerprint density at radius 2 is 1.84 bits per heavy atom. The van der Waals surface area contributed by atoms with Gasteiger partial charge < -0.3 is 5.32 Å². The Labute approximate surface area is 119 Å². The summed E-state index contributed by atoms with van der Waals surface area (Å²) < 4.78 is 0. The normalized spacial score (nSPS) is 11.2. The number of benzene rings is 1. The van der Waals surface area contributed by atoms with E-state index in [1.165, 1.54) is 36.9 Å². The Hall–Kier alpha value is -0.860. The molecule has 2 nitrogen and oxygen atoms in total. The molecule has 1 N–H and O–H groups in total. The standard InChI is InChI=1S/C17H30N2/c1-4-7-12-19(6-3)15-17-10-8-9-16(13-17)14-18-11-5-2/h8-10,13,18H,4-7,11-12,14-15H2,1-3H3. The van der Waals surface area contributed by atoms with E-state index < -0.39 is 0 Å². The second-order valence-corrected chi connectivity index (χ2v) is 5.22. The van der Waals surface area contributed by atoms with Gasteiger partial charge in [0.15, 0.2) is 0 Å². The molecule has 0 aromatic heterocycles. The third-order valence-electron chi connectivity index (χ3n) is 3.43. The molecule has 0 spiro atoms. The fourth-order valence-electron chi connectivity index (χ4n) is 2.24. The highest BCUT2D eigenvalue weighted by molar-refractivity contribution is 5.23. The highest BCUT2D eigenvalue weighted by Gasteiger charge is 2.03. The van der Waals surface area contributed by atoms with Gasteiger partial charge in [-0.25, -0.2) is 0 Å². The predicted octanol–water partition coefficient (Wildman–Crippen LogP) is 3.81. The summed E-state index contributed by atoms with van der Waals surface area (Å²) in [5.41, 5.74) is 2.84. The number of nitrogens with zero attached hydrogens (tertiary/aromatic N) is 1. The fraction of sp³-hybridized carbons (Fsp3) is 0.647. The van der Waals surface area contributed by atoms with E-state index in [1.54, 1.807) is 0 Å². The lowest BCUT2D eigenvalue weighted by atomic mass is 10.1. The van der Waals surface area contributed by atoms with Gasteiger partial charge in [-0.2, -0.15) is 0 Å². The first-order valence-corrected chi connectivity index (χ1v) is 7.81. The summed E-state index contributed by atoms with van der Waals surface area (Å²) >= 11 is 0. The molecule has 0 amide bonds. The molecule has 1 rings (SSSR count). The first kappa shape index (κ1) is 16.2. The van der Waals surface area contributed by atoms with Gasteiger partial charge in [-0.05, 0) is 43.6 Å². The Bertz CT molecular complexity index is 336. The van der Waals surface area contributed by atoms with Gasteiger partial charge in [0, 0.05) is 13.1 Å². The maximum Gasteiger partial charge on any atom is 0.0233 e. The molecule has 2 heteroatoms. The number of hydrogen-bond donors (Lipinski definition) is 1. The topological polar surface area (TPSA) is 15.3 Å². The van der Waals surface area contributed by atoms with E-state index in [2.05, 4.69) is 55.3 Å². The summed E-state index contributed by atoms with van der Waals surface area (Å²) in [6.45, 7) is 12.2. The van der Waals surface area contributed by atoms with Crippen LogP contribution in [0.5, 0.6) is 0 Å². The summed E-state index contributed by atoms with van der Waals surface area (Å²) in [6.07, 6.45) is 3.77. The molecule has 0 bridgehead atoms. The summed E-state index contributed by atoms with van der Waals surface area (Å²) in [4.78, 5) is 2.53. The van der Waals surface area contributed by atoms with Crippen molar-refractivity contribution in [1.82, 2.24) is 10.2 Å². The molecule has 108 valence electrons. The lowest BCUT2D eigenvalue weighted by Gasteiger charge is -2.20. The third-order valence-corrected chi connectivity index (χ3v) is 3.43. The number of rotatable bonds is 10. The van der Waals surface area contributed by atoms with Gasteiger partial charge in [-0.3, -0.25) is 4.90 Å². The zero-order chi connectivity index (χ0) is 13.9. The summed E-state index contributed by atoms with van der Waals surface area (Å²) in [6, 6.07) is 9.00. The molecule has 0 heterocycles. The highest BCUT2D eigenvalue weighted by atomic mass is 15.1. The largest absolute Gasteiger partial charge is 0.313 e. The SMILES string of the molecule is CCCCN(CC)Cc1cccc(CNCCC)c1. The Balaban J connectivity index is 2.49. The molecule has 0 saturated carbocycles. The van der Waals surface area contributed by atoms with Crippen molar-refractivity contribution in [3.8, 4) is 0 Å². The molecule has 0 aliphatic heterocycles. The lowest BCUT2D eigenvalue weighted by molar-refractivity contribution is 0.275. The second-order valence-electron chi connectivity index (χ2n) is 5.22. The highest BCUT2D eigenvalue weighted by Crippen LogP contribution is 2.09. The van der Waals surface area contributed by atoms with Crippen LogP contribution in [0.4, 0.5) is 0 Å². The molecule has 0 aliphatic carbocycles. The summed E-state index contributed by atoms with van der Waals surface area (Å²) in [5.74, 6) is 0. The molecule has 0 aliphatic rings. The van der Waals surface area contributed by atoms with Crippen LogP contribution in [0.2, 0.25) is 0 Å². The van der Waals surface area contributed by atoms with Crippen molar-refractivity contribution in [3.05, 3.63) is 35.4 Å². The molecule has 0 unspecified atom stereocenters. The van der Waals surface area contributed by atoms with Crippen LogP contribution in [0.15, 0.2) is 24.3 Å². The van der Waals surface area contributed by atoms with Crippen LogP contribution in [0, 0.1) is 0 Å². The molecule has 0 radical (unpaired) electrons. The maximum atomic E-state index is 3.47. The number of unbranched alkanes of at least 4 members (excludes halogenated alkanes) is 1. The van der Waals surface area contributed by atoms with E-state index in [0.29, 0.717) is 0 Å². The maximum absolute atomic E-state index is 3.47. The number of hydrogen-bond acceptors (Lipinski definition) is 2. The van der Waals surface area contributed by atoms with Crippen LogP contribution in [0.1, 0.15) is 51.2 Å². The first-order chi connectivity index (χ1) is 9.30. The average Bonchev–Trinajstić information content (AvgIpc) is 2.44. The molecule has 0 fully saturated rings. The van der Waals surface area contributed by atoms with Gasteiger partial charge in [0.05, 0.1) is 0 Å². The number of nitrogens with one attached hydrogen (secondary N) is 1. The van der Waals surface area contributed by atoms with Gasteiger partial charge in [0.1, 0.15) is 0 Å². The third kappa shape index (κ3) is 6.74. The minimum absolute atomic E-state index is 0.989. The minimum atomic E-state index is 0.989. The van der Waals surface area contributed by atoms with Crippen molar-refractivity contribution >= 4 is 0 Å². The van der Waals surface area contributed by atoms with Crippen LogP contribution in [0.25, 0.3) is 0 Å². The van der Waals surface area contributed by atoms with Gasteiger partial charge in [-0.15, -0.1) is 0 Å². The smallest absolute Gasteiger partial charge is 0.0233 e. The molecular weight excluding hydrogens is 232 g/mol. The van der Waals surface area contributed by atoms with E-state index >= 15 is 0 Å². The van der Waals surface area contributed by atoms with Crippen molar-refractivity contribution in [1.29, 1.82) is 0 Å². The molecule has 0 saturated heterocycles. The zero-order valence-corrected chi connectivity index (χ0v) is 12.9. The van der Waals surface area contributed by atoms with Crippen LogP contribution < -0.4 is 5.32 Å². The zero-order valence-electron chi connectivity index (χ0n) is 12.9. The van der Waals surface area contributed by atoms with Crippen LogP contribution >= 0.6 is 0 Å². The quantitative estimate of drug-likeness (QED) is 0.645. The van der Waals surface area contributed by atoms with Crippen LogP contribution in [-0.2, 0) is 13.1 Å². The molecular formula is C17H30N2. The van der Waals surface area contributed by atoms with Crippen molar-refractivity contribution in [3.63, 3.8) is 0 Å². The van der Waals surface area contributed by atoms with Crippen molar-refractivity contribution in [2.75, 3.05) is 19.6 Å². The van der Waals surface area contributed by atoms with Crippen molar-refractivity contribution < 1.29 is 0 Å². The van der Waals surface area contributed by atoms with Crippen molar-refractivity contribution in [2.45, 2.75) is 53.1 Å². The first-order valence-electron chi connectivity index (χ1n) is 7.81. The summed E-state index contributed by atoms with van der Waals surface area (Å²) in [7, 11) is 0. The Morgan fingerprint density at radius 1 is 1.05 bits per heavy atom. The van der Waals surface area contributed by atoms with E-state index in [4.69, 9.17) is 0 Å². The molecule has 19 heavy (non-hydrogen) atoms. The predicted molar refractivity (Wildman–Crippen MR) is 84.3 cm³/mol.